The molecule has 1 heterocycles. The molecule has 0 nitrogen and oxygen atoms in total. The van der Waals surface area contributed by atoms with Crippen LogP contribution in [0.5, 0.6) is 0 Å². The standard InChI is InChI=1S/C53H32S/c1-2-17-34(18-3-1)49-38-22-8-10-24-40(38)50(41-25-11-9-23-39(41)49)42-32-46-52(37-21-7-6-20-36(37)42)51-35-19-5-4-16-33(35)30-31-45(51)53(46)43-26-12-14-28-47(43)54-48-29-15-13-27-44(48)53/h1-32H/i1D,2D,3D,17D,18D. The first kappa shape index (κ1) is 25.5. The normalized spacial score (nSPS) is 14.9. The second kappa shape index (κ2) is 11.3. The first-order chi connectivity index (χ1) is 28.9. The number of fused-ring (bicyclic) bond motifs is 15. The zero-order valence-corrected chi connectivity index (χ0v) is 29.8. The van der Waals surface area contributed by atoms with Crippen LogP contribution in [0.4, 0.5) is 0 Å². The van der Waals surface area contributed by atoms with E-state index in [0.717, 1.165) is 38.1 Å². The van der Waals surface area contributed by atoms with Crippen molar-refractivity contribution in [3.05, 3.63) is 216 Å². The highest BCUT2D eigenvalue weighted by Gasteiger charge is 2.51. The van der Waals surface area contributed by atoms with Crippen LogP contribution in [-0.2, 0) is 5.41 Å². The smallest absolute Gasteiger partial charge is 0.0736 e. The average Bonchev–Trinajstić information content (AvgIpc) is 3.58. The van der Waals surface area contributed by atoms with E-state index in [1.165, 1.54) is 59.3 Å². The summed E-state index contributed by atoms with van der Waals surface area (Å²) in [6, 6.07) is 57.3. The monoisotopic (exact) mass is 705 g/mol. The Hall–Kier alpha value is -6.41. The summed E-state index contributed by atoms with van der Waals surface area (Å²) in [5.41, 5.74) is 9.94. The van der Waals surface area contributed by atoms with Crippen LogP contribution in [-0.4, -0.2) is 0 Å². The Morgan fingerprint density at radius 2 is 0.852 bits per heavy atom. The minimum absolute atomic E-state index is 0.207. The van der Waals surface area contributed by atoms with Crippen LogP contribution in [0.25, 0.3) is 76.5 Å². The van der Waals surface area contributed by atoms with E-state index in [1.807, 2.05) is 48.2 Å². The Bertz CT molecular complexity index is 3370. The lowest BCUT2D eigenvalue weighted by Gasteiger charge is -2.40. The van der Waals surface area contributed by atoms with Crippen LogP contribution in [0.3, 0.4) is 0 Å². The van der Waals surface area contributed by atoms with Crippen molar-refractivity contribution < 1.29 is 6.85 Å². The lowest BCUT2D eigenvalue weighted by molar-refractivity contribution is 0.723. The number of rotatable bonds is 2. The molecule has 10 aromatic rings. The Morgan fingerprint density at radius 1 is 0.370 bits per heavy atom. The third-order valence-corrected chi connectivity index (χ3v) is 12.9. The Morgan fingerprint density at radius 3 is 1.48 bits per heavy atom. The van der Waals surface area contributed by atoms with Crippen molar-refractivity contribution in [2.75, 3.05) is 0 Å². The lowest BCUT2D eigenvalue weighted by Crippen LogP contribution is -2.32. The fraction of sp³-hybridized carbons (Fsp3) is 0.0189. The SMILES string of the molecule is [2H]c1c([2H])c([2H])c(-c2c3ccccc3c(-c3cc4c(c5ccccc35)-c3c(ccc5ccccc35)C43c4ccccc4Sc4ccccc43)c3ccccc23)c([2H])c1[2H]. The zero-order valence-electron chi connectivity index (χ0n) is 34.0. The molecule has 0 saturated heterocycles. The fourth-order valence-electron chi connectivity index (χ4n) is 9.78. The largest absolute Gasteiger partial charge is 0.0894 e. The summed E-state index contributed by atoms with van der Waals surface area (Å²) in [5.74, 6) is 0. The van der Waals surface area contributed by atoms with E-state index in [0.29, 0.717) is 5.56 Å². The molecule has 1 heteroatoms. The van der Waals surface area contributed by atoms with Gasteiger partial charge in [-0.05, 0) is 117 Å². The summed E-state index contributed by atoms with van der Waals surface area (Å²) in [4.78, 5) is 2.48. The van der Waals surface area contributed by atoms with E-state index in [2.05, 4.69) is 127 Å². The van der Waals surface area contributed by atoms with Crippen LogP contribution < -0.4 is 0 Å². The molecule has 0 saturated carbocycles. The van der Waals surface area contributed by atoms with Gasteiger partial charge >= 0.3 is 0 Å². The van der Waals surface area contributed by atoms with Gasteiger partial charge in [0.2, 0.25) is 0 Å². The molecule has 10 aromatic carbocycles. The average molecular weight is 706 g/mol. The van der Waals surface area contributed by atoms with Crippen molar-refractivity contribution >= 4 is 54.9 Å². The predicted octanol–water partition coefficient (Wildman–Crippen LogP) is 14.5. The first-order valence-corrected chi connectivity index (χ1v) is 19.2. The number of hydrogen-bond donors (Lipinski definition) is 0. The van der Waals surface area contributed by atoms with E-state index < -0.39 is 11.5 Å². The summed E-state index contributed by atoms with van der Waals surface area (Å²) in [5, 5.41) is 8.30. The topological polar surface area (TPSA) is 0 Å². The summed E-state index contributed by atoms with van der Waals surface area (Å²) in [6.07, 6.45) is 0. The van der Waals surface area contributed by atoms with Crippen LogP contribution in [0.1, 0.15) is 29.1 Å². The van der Waals surface area contributed by atoms with E-state index in [-0.39, 0.29) is 29.7 Å². The third kappa shape index (κ3) is 3.89. The molecule has 250 valence electrons. The molecule has 0 amide bonds. The van der Waals surface area contributed by atoms with Crippen molar-refractivity contribution in [3.63, 3.8) is 0 Å². The first-order valence-electron chi connectivity index (χ1n) is 20.9. The third-order valence-electron chi connectivity index (χ3n) is 11.8. The van der Waals surface area contributed by atoms with E-state index in [1.54, 1.807) is 0 Å². The molecule has 1 spiro atoms. The minimum atomic E-state index is -0.620. The predicted molar refractivity (Wildman–Crippen MR) is 229 cm³/mol. The van der Waals surface area contributed by atoms with Crippen LogP contribution in [0.2, 0.25) is 0 Å². The van der Waals surface area contributed by atoms with Crippen molar-refractivity contribution in [2.45, 2.75) is 15.2 Å². The quantitative estimate of drug-likeness (QED) is 0.161. The maximum Gasteiger partial charge on any atom is 0.0736 e. The van der Waals surface area contributed by atoms with E-state index in [9.17, 15) is 0 Å². The van der Waals surface area contributed by atoms with Gasteiger partial charge in [-0.3, -0.25) is 0 Å². The van der Waals surface area contributed by atoms with Gasteiger partial charge in [-0.15, -0.1) is 0 Å². The van der Waals surface area contributed by atoms with Crippen molar-refractivity contribution in [1.82, 2.24) is 0 Å². The van der Waals surface area contributed by atoms with Gasteiger partial charge in [0.15, 0.2) is 0 Å². The molecule has 0 fully saturated rings. The lowest BCUT2D eigenvalue weighted by atomic mass is 9.66. The molecule has 1 aliphatic carbocycles. The fourth-order valence-corrected chi connectivity index (χ4v) is 11.0. The summed E-state index contributed by atoms with van der Waals surface area (Å²) in [6.45, 7) is 0. The summed E-state index contributed by atoms with van der Waals surface area (Å²) < 4.78 is 43.9. The highest BCUT2D eigenvalue weighted by molar-refractivity contribution is 7.99. The highest BCUT2D eigenvalue weighted by Crippen LogP contribution is 2.65. The van der Waals surface area contributed by atoms with Crippen LogP contribution in [0, 0.1) is 0 Å². The molecule has 12 rings (SSSR count). The minimum Gasteiger partial charge on any atom is -0.0894 e. The molecule has 2 aliphatic rings. The van der Waals surface area contributed by atoms with Crippen LogP contribution in [0.15, 0.2) is 204 Å². The van der Waals surface area contributed by atoms with Gasteiger partial charge in [-0.1, -0.05) is 188 Å². The summed E-state index contributed by atoms with van der Waals surface area (Å²) in [7, 11) is 0. The van der Waals surface area contributed by atoms with Crippen molar-refractivity contribution in [2.24, 2.45) is 0 Å². The van der Waals surface area contributed by atoms with Gasteiger partial charge in [-0.25, -0.2) is 0 Å². The van der Waals surface area contributed by atoms with Crippen molar-refractivity contribution in [1.29, 1.82) is 0 Å². The molecule has 0 bridgehead atoms. The maximum atomic E-state index is 9.11. The second-order valence-electron chi connectivity index (χ2n) is 14.3. The molecule has 0 aromatic heterocycles. The zero-order chi connectivity index (χ0) is 39.7. The molecule has 1 aliphatic heterocycles. The van der Waals surface area contributed by atoms with Gasteiger partial charge < -0.3 is 0 Å². The number of benzene rings is 10. The van der Waals surface area contributed by atoms with Gasteiger partial charge in [-0.2, -0.15) is 0 Å². The van der Waals surface area contributed by atoms with Gasteiger partial charge in [0.1, 0.15) is 0 Å². The summed E-state index contributed by atoms with van der Waals surface area (Å²) >= 11 is 1.84. The maximum absolute atomic E-state index is 9.11. The molecular formula is C53H32S. The second-order valence-corrected chi connectivity index (χ2v) is 15.4. The Kier molecular flexibility index (Phi) is 5.34. The van der Waals surface area contributed by atoms with Gasteiger partial charge in [0.05, 0.1) is 12.3 Å². The Labute approximate surface area is 325 Å². The van der Waals surface area contributed by atoms with E-state index >= 15 is 0 Å². The van der Waals surface area contributed by atoms with Gasteiger partial charge in [0, 0.05) is 9.79 Å². The molecule has 0 atom stereocenters. The van der Waals surface area contributed by atoms with Gasteiger partial charge in [0.25, 0.3) is 0 Å². The Balaban J connectivity index is 1.30. The number of hydrogen-bond acceptors (Lipinski definition) is 1. The highest BCUT2D eigenvalue weighted by atomic mass is 32.2. The van der Waals surface area contributed by atoms with Crippen molar-refractivity contribution in [3.8, 4) is 33.4 Å². The van der Waals surface area contributed by atoms with Crippen LogP contribution >= 0.6 is 11.8 Å². The molecule has 0 unspecified atom stereocenters. The molecule has 0 radical (unpaired) electrons. The molecule has 54 heavy (non-hydrogen) atoms. The molecular weight excluding hydrogens is 669 g/mol. The molecule has 0 N–H and O–H groups in total. The van der Waals surface area contributed by atoms with E-state index in [4.69, 9.17) is 6.85 Å².